The van der Waals surface area contributed by atoms with E-state index in [-0.39, 0.29) is 0 Å². The highest BCUT2D eigenvalue weighted by Gasteiger charge is 2.34. The van der Waals surface area contributed by atoms with Gasteiger partial charge in [-0.3, -0.25) is 9.88 Å². The predicted molar refractivity (Wildman–Crippen MR) is 83.4 cm³/mol. The number of fused-ring (bicyclic) bond motifs is 1. The van der Waals surface area contributed by atoms with E-state index in [4.69, 9.17) is 4.74 Å². The zero-order valence-electron chi connectivity index (χ0n) is 13.1. The molecule has 0 amide bonds. The molecule has 2 fully saturated rings. The van der Waals surface area contributed by atoms with Gasteiger partial charge in [0.25, 0.3) is 0 Å². The lowest BCUT2D eigenvalue weighted by Gasteiger charge is -2.41. The molecule has 2 saturated heterocycles. The third-order valence-electron chi connectivity index (χ3n) is 4.46. The molecule has 3 heterocycles. The van der Waals surface area contributed by atoms with Crippen molar-refractivity contribution in [2.75, 3.05) is 37.7 Å². The Balaban J connectivity index is 1.68. The highest BCUT2D eigenvalue weighted by molar-refractivity contribution is 5.35. The van der Waals surface area contributed by atoms with Crippen LogP contribution in [0.25, 0.3) is 0 Å². The Bertz CT molecular complexity index is 439. The van der Waals surface area contributed by atoms with E-state index in [0.717, 1.165) is 44.9 Å². The lowest BCUT2D eigenvalue weighted by atomic mass is 10.0. The summed E-state index contributed by atoms with van der Waals surface area (Å²) in [6.07, 6.45) is 7.97. The number of rotatable bonds is 3. The second kappa shape index (κ2) is 6.71. The van der Waals surface area contributed by atoms with Crippen molar-refractivity contribution in [3.05, 3.63) is 18.6 Å². The van der Waals surface area contributed by atoms with E-state index in [1.54, 1.807) is 12.4 Å². The first-order valence-electron chi connectivity index (χ1n) is 8.10. The van der Waals surface area contributed by atoms with Crippen molar-refractivity contribution in [3.8, 4) is 0 Å². The molecular weight excluding hydrogens is 264 g/mol. The van der Waals surface area contributed by atoms with E-state index >= 15 is 0 Å². The summed E-state index contributed by atoms with van der Waals surface area (Å²) in [7, 11) is 0. The number of anilines is 1. The van der Waals surface area contributed by atoms with E-state index in [9.17, 15) is 0 Å². The standard InChI is InChI=1S/C16H26N4O/c1-13(2)12-20-9-10-21-15-4-8-19(7-3-14(15)20)16-11-17-5-6-18-16/h5-6,11,13-15H,3-4,7-10,12H2,1-2H3/t14-,15+/m1/s1. The first-order valence-corrected chi connectivity index (χ1v) is 8.10. The monoisotopic (exact) mass is 290 g/mol. The van der Waals surface area contributed by atoms with Crippen LogP contribution < -0.4 is 4.90 Å². The van der Waals surface area contributed by atoms with Crippen molar-refractivity contribution in [2.45, 2.75) is 38.8 Å². The molecule has 0 N–H and O–H groups in total. The molecule has 0 aliphatic carbocycles. The van der Waals surface area contributed by atoms with Crippen LogP contribution in [0.1, 0.15) is 26.7 Å². The van der Waals surface area contributed by atoms with Crippen molar-refractivity contribution in [2.24, 2.45) is 5.92 Å². The quantitative estimate of drug-likeness (QED) is 0.849. The van der Waals surface area contributed by atoms with E-state index in [1.807, 2.05) is 6.20 Å². The molecule has 116 valence electrons. The zero-order chi connectivity index (χ0) is 14.7. The topological polar surface area (TPSA) is 41.5 Å². The molecule has 5 heteroatoms. The molecule has 1 aromatic rings. The second-order valence-corrected chi connectivity index (χ2v) is 6.49. The van der Waals surface area contributed by atoms with Crippen LogP contribution >= 0.6 is 0 Å². The molecule has 0 unspecified atom stereocenters. The molecule has 0 radical (unpaired) electrons. The second-order valence-electron chi connectivity index (χ2n) is 6.49. The summed E-state index contributed by atoms with van der Waals surface area (Å²) in [5.74, 6) is 1.70. The summed E-state index contributed by atoms with van der Waals surface area (Å²) in [6.45, 7) is 9.77. The third-order valence-corrected chi connectivity index (χ3v) is 4.46. The third kappa shape index (κ3) is 3.52. The molecule has 0 aromatic carbocycles. The average Bonchev–Trinajstić information content (AvgIpc) is 2.71. The maximum Gasteiger partial charge on any atom is 0.147 e. The maximum absolute atomic E-state index is 6.05. The van der Waals surface area contributed by atoms with Crippen LogP contribution in [-0.2, 0) is 4.74 Å². The van der Waals surface area contributed by atoms with Crippen LogP contribution in [0.15, 0.2) is 18.6 Å². The van der Waals surface area contributed by atoms with Crippen molar-refractivity contribution < 1.29 is 4.74 Å². The van der Waals surface area contributed by atoms with Crippen LogP contribution in [-0.4, -0.2) is 59.8 Å². The minimum atomic E-state index is 0.374. The fraction of sp³-hybridized carbons (Fsp3) is 0.750. The van der Waals surface area contributed by atoms with Gasteiger partial charge in [0.2, 0.25) is 0 Å². The van der Waals surface area contributed by atoms with E-state index < -0.39 is 0 Å². The molecule has 0 spiro atoms. The Morgan fingerprint density at radius 3 is 2.86 bits per heavy atom. The van der Waals surface area contributed by atoms with Crippen LogP contribution in [0.2, 0.25) is 0 Å². The van der Waals surface area contributed by atoms with Crippen LogP contribution in [0, 0.1) is 5.92 Å². The number of nitrogens with zero attached hydrogens (tertiary/aromatic N) is 4. The molecule has 1 aromatic heterocycles. The van der Waals surface area contributed by atoms with Gasteiger partial charge in [-0.05, 0) is 18.8 Å². The van der Waals surface area contributed by atoms with Gasteiger partial charge in [0.15, 0.2) is 0 Å². The normalized spacial score (nSPS) is 27.5. The SMILES string of the molecule is CC(C)CN1CCO[C@H]2CCN(c3cnccn3)CC[C@H]21. The molecule has 3 rings (SSSR count). The Kier molecular flexibility index (Phi) is 4.70. The van der Waals surface area contributed by atoms with Crippen LogP contribution in [0.5, 0.6) is 0 Å². The molecule has 5 nitrogen and oxygen atoms in total. The van der Waals surface area contributed by atoms with Gasteiger partial charge in [0, 0.05) is 44.6 Å². The Labute approximate surface area is 127 Å². The maximum atomic E-state index is 6.05. The van der Waals surface area contributed by atoms with Crippen molar-refractivity contribution >= 4 is 5.82 Å². The average molecular weight is 290 g/mol. The lowest BCUT2D eigenvalue weighted by molar-refractivity contribution is -0.0744. The summed E-state index contributed by atoms with van der Waals surface area (Å²) in [6, 6.07) is 0.558. The molecule has 0 bridgehead atoms. The highest BCUT2D eigenvalue weighted by Crippen LogP contribution is 2.26. The summed E-state index contributed by atoms with van der Waals surface area (Å²) < 4.78 is 6.05. The molecular formula is C16H26N4O. The van der Waals surface area contributed by atoms with Gasteiger partial charge in [-0.2, -0.15) is 0 Å². The molecule has 2 aliphatic rings. The van der Waals surface area contributed by atoms with Crippen LogP contribution in [0.3, 0.4) is 0 Å². The Morgan fingerprint density at radius 2 is 2.10 bits per heavy atom. The summed E-state index contributed by atoms with van der Waals surface area (Å²) in [5.41, 5.74) is 0. The number of morpholine rings is 1. The number of hydrogen-bond acceptors (Lipinski definition) is 5. The summed E-state index contributed by atoms with van der Waals surface area (Å²) in [5, 5.41) is 0. The molecule has 2 aliphatic heterocycles. The van der Waals surface area contributed by atoms with Gasteiger partial charge in [-0.1, -0.05) is 13.8 Å². The number of ether oxygens (including phenoxy) is 1. The first-order chi connectivity index (χ1) is 10.2. The highest BCUT2D eigenvalue weighted by atomic mass is 16.5. The largest absolute Gasteiger partial charge is 0.375 e. The van der Waals surface area contributed by atoms with E-state index in [0.29, 0.717) is 18.1 Å². The van der Waals surface area contributed by atoms with Gasteiger partial charge in [0.05, 0.1) is 18.9 Å². The first kappa shape index (κ1) is 14.7. The minimum absolute atomic E-state index is 0.374. The summed E-state index contributed by atoms with van der Waals surface area (Å²) in [4.78, 5) is 13.6. The predicted octanol–water partition coefficient (Wildman–Crippen LogP) is 1.80. The number of hydrogen-bond donors (Lipinski definition) is 0. The van der Waals surface area contributed by atoms with Gasteiger partial charge >= 0.3 is 0 Å². The smallest absolute Gasteiger partial charge is 0.147 e. The fourth-order valence-electron chi connectivity index (χ4n) is 3.54. The van der Waals surface area contributed by atoms with Gasteiger partial charge in [-0.15, -0.1) is 0 Å². The van der Waals surface area contributed by atoms with Gasteiger partial charge < -0.3 is 9.64 Å². The Hall–Kier alpha value is -1.20. The van der Waals surface area contributed by atoms with Crippen molar-refractivity contribution in [1.82, 2.24) is 14.9 Å². The fourth-order valence-corrected chi connectivity index (χ4v) is 3.54. The van der Waals surface area contributed by atoms with E-state index in [2.05, 4.69) is 33.6 Å². The van der Waals surface area contributed by atoms with Gasteiger partial charge in [-0.25, -0.2) is 4.98 Å². The molecule has 0 saturated carbocycles. The Morgan fingerprint density at radius 1 is 1.24 bits per heavy atom. The number of aromatic nitrogens is 2. The van der Waals surface area contributed by atoms with Crippen LogP contribution in [0.4, 0.5) is 5.82 Å². The molecule has 2 atom stereocenters. The zero-order valence-corrected chi connectivity index (χ0v) is 13.1. The van der Waals surface area contributed by atoms with Crippen molar-refractivity contribution in [1.29, 1.82) is 0 Å². The van der Waals surface area contributed by atoms with E-state index in [1.165, 1.54) is 6.54 Å². The van der Waals surface area contributed by atoms with Gasteiger partial charge in [0.1, 0.15) is 5.82 Å². The van der Waals surface area contributed by atoms with Crippen molar-refractivity contribution in [3.63, 3.8) is 0 Å². The minimum Gasteiger partial charge on any atom is -0.375 e. The summed E-state index contributed by atoms with van der Waals surface area (Å²) >= 11 is 0. The molecule has 21 heavy (non-hydrogen) atoms. The lowest BCUT2D eigenvalue weighted by Crippen LogP contribution is -2.52.